The molecule has 0 saturated carbocycles. The Morgan fingerprint density at radius 1 is 1.53 bits per heavy atom. The summed E-state index contributed by atoms with van der Waals surface area (Å²) in [5, 5.41) is 0. The van der Waals surface area contributed by atoms with Gasteiger partial charge in [0, 0.05) is 38.0 Å². The van der Waals surface area contributed by atoms with Crippen molar-refractivity contribution in [1.29, 1.82) is 0 Å². The summed E-state index contributed by atoms with van der Waals surface area (Å²) >= 11 is 0. The molecule has 1 atom stereocenters. The summed E-state index contributed by atoms with van der Waals surface area (Å²) < 4.78 is 7.66. The SMILES string of the molecule is CCOCCn1ccnc1[C@H]1CCCN(C)C1. The van der Waals surface area contributed by atoms with Gasteiger partial charge >= 0.3 is 0 Å². The molecule has 2 heterocycles. The van der Waals surface area contributed by atoms with Crippen LogP contribution < -0.4 is 0 Å². The largest absolute Gasteiger partial charge is 0.380 e. The van der Waals surface area contributed by atoms with E-state index in [0.717, 1.165) is 26.3 Å². The lowest BCUT2D eigenvalue weighted by Gasteiger charge is -2.29. The van der Waals surface area contributed by atoms with E-state index in [1.807, 2.05) is 13.1 Å². The monoisotopic (exact) mass is 237 g/mol. The van der Waals surface area contributed by atoms with E-state index in [1.165, 1.54) is 25.2 Å². The fourth-order valence-electron chi connectivity index (χ4n) is 2.55. The van der Waals surface area contributed by atoms with Crippen LogP contribution in [-0.2, 0) is 11.3 Å². The Kier molecular flexibility index (Phi) is 4.57. The van der Waals surface area contributed by atoms with E-state index in [2.05, 4.69) is 27.7 Å². The van der Waals surface area contributed by atoms with Gasteiger partial charge in [0.15, 0.2) is 0 Å². The van der Waals surface area contributed by atoms with Gasteiger partial charge in [0.2, 0.25) is 0 Å². The molecule has 1 fully saturated rings. The normalized spacial score (nSPS) is 21.9. The van der Waals surface area contributed by atoms with Crippen molar-refractivity contribution >= 4 is 0 Å². The van der Waals surface area contributed by atoms with Gasteiger partial charge in [-0.15, -0.1) is 0 Å². The van der Waals surface area contributed by atoms with Crippen LogP contribution in [0.25, 0.3) is 0 Å². The van der Waals surface area contributed by atoms with E-state index in [4.69, 9.17) is 4.74 Å². The molecule has 0 spiro atoms. The zero-order valence-electron chi connectivity index (χ0n) is 10.9. The fourth-order valence-corrected chi connectivity index (χ4v) is 2.55. The zero-order valence-corrected chi connectivity index (χ0v) is 10.9. The van der Waals surface area contributed by atoms with Crippen molar-refractivity contribution in [2.24, 2.45) is 0 Å². The molecule has 0 radical (unpaired) electrons. The first-order valence-electron chi connectivity index (χ1n) is 6.58. The van der Waals surface area contributed by atoms with Crippen molar-refractivity contribution in [2.45, 2.75) is 32.2 Å². The molecule has 1 aliphatic heterocycles. The highest BCUT2D eigenvalue weighted by Crippen LogP contribution is 2.24. The topological polar surface area (TPSA) is 30.3 Å². The van der Waals surface area contributed by atoms with Gasteiger partial charge in [-0.3, -0.25) is 0 Å². The second-order valence-electron chi connectivity index (χ2n) is 4.78. The third-order valence-electron chi connectivity index (χ3n) is 3.42. The van der Waals surface area contributed by atoms with Crippen LogP contribution in [0.15, 0.2) is 12.4 Å². The minimum absolute atomic E-state index is 0.588. The van der Waals surface area contributed by atoms with Crippen LogP contribution in [0, 0.1) is 0 Å². The molecule has 2 rings (SSSR count). The maximum Gasteiger partial charge on any atom is 0.113 e. The van der Waals surface area contributed by atoms with Crippen molar-refractivity contribution in [2.75, 3.05) is 33.4 Å². The van der Waals surface area contributed by atoms with Crippen molar-refractivity contribution in [3.63, 3.8) is 0 Å². The van der Waals surface area contributed by atoms with Crippen molar-refractivity contribution in [3.05, 3.63) is 18.2 Å². The Morgan fingerprint density at radius 3 is 3.18 bits per heavy atom. The van der Waals surface area contributed by atoms with Gasteiger partial charge in [0.25, 0.3) is 0 Å². The highest BCUT2D eigenvalue weighted by Gasteiger charge is 2.22. The number of hydrogen-bond donors (Lipinski definition) is 0. The second-order valence-corrected chi connectivity index (χ2v) is 4.78. The van der Waals surface area contributed by atoms with Crippen molar-refractivity contribution in [1.82, 2.24) is 14.5 Å². The van der Waals surface area contributed by atoms with E-state index in [9.17, 15) is 0 Å². The number of imidazole rings is 1. The van der Waals surface area contributed by atoms with Crippen LogP contribution in [0.1, 0.15) is 31.5 Å². The van der Waals surface area contributed by atoms with E-state index in [0.29, 0.717) is 5.92 Å². The summed E-state index contributed by atoms with van der Waals surface area (Å²) in [6.45, 7) is 6.87. The lowest BCUT2D eigenvalue weighted by Crippen LogP contribution is -2.32. The van der Waals surface area contributed by atoms with Gasteiger partial charge in [-0.2, -0.15) is 0 Å². The Labute approximate surface area is 104 Å². The van der Waals surface area contributed by atoms with E-state index in [1.54, 1.807) is 0 Å². The number of piperidine rings is 1. The molecule has 0 aliphatic carbocycles. The molecule has 17 heavy (non-hydrogen) atoms. The van der Waals surface area contributed by atoms with Gasteiger partial charge in [-0.1, -0.05) is 0 Å². The van der Waals surface area contributed by atoms with Crippen LogP contribution in [0.3, 0.4) is 0 Å². The predicted molar refractivity (Wildman–Crippen MR) is 68.2 cm³/mol. The number of likely N-dealkylation sites (N-methyl/N-ethyl adjacent to an activating group) is 1. The van der Waals surface area contributed by atoms with Crippen LogP contribution in [-0.4, -0.2) is 47.8 Å². The van der Waals surface area contributed by atoms with Crippen LogP contribution in [0.2, 0.25) is 0 Å². The van der Waals surface area contributed by atoms with Crippen LogP contribution >= 0.6 is 0 Å². The lowest BCUT2D eigenvalue weighted by molar-refractivity contribution is 0.137. The molecule has 1 aromatic heterocycles. The minimum Gasteiger partial charge on any atom is -0.380 e. The van der Waals surface area contributed by atoms with E-state index < -0.39 is 0 Å². The highest BCUT2D eigenvalue weighted by atomic mass is 16.5. The third kappa shape index (κ3) is 3.30. The van der Waals surface area contributed by atoms with E-state index in [-0.39, 0.29) is 0 Å². The van der Waals surface area contributed by atoms with Crippen molar-refractivity contribution in [3.8, 4) is 0 Å². The molecular formula is C13H23N3O. The minimum atomic E-state index is 0.588. The molecule has 1 saturated heterocycles. The number of rotatable bonds is 5. The first kappa shape index (κ1) is 12.6. The van der Waals surface area contributed by atoms with Crippen molar-refractivity contribution < 1.29 is 4.74 Å². The molecule has 1 aromatic rings. The molecular weight excluding hydrogens is 214 g/mol. The summed E-state index contributed by atoms with van der Waals surface area (Å²) in [6.07, 6.45) is 6.52. The summed E-state index contributed by atoms with van der Waals surface area (Å²) in [5.74, 6) is 1.82. The fraction of sp³-hybridized carbons (Fsp3) is 0.769. The molecule has 0 amide bonds. The molecule has 96 valence electrons. The number of ether oxygens (including phenoxy) is 1. The maximum atomic E-state index is 5.41. The lowest BCUT2D eigenvalue weighted by atomic mass is 9.97. The first-order chi connectivity index (χ1) is 8.31. The van der Waals surface area contributed by atoms with Crippen LogP contribution in [0.4, 0.5) is 0 Å². The Hall–Kier alpha value is -0.870. The molecule has 0 bridgehead atoms. The van der Waals surface area contributed by atoms with Gasteiger partial charge < -0.3 is 14.2 Å². The average Bonchev–Trinajstić information content (AvgIpc) is 2.78. The quantitative estimate of drug-likeness (QED) is 0.731. The van der Waals surface area contributed by atoms with Gasteiger partial charge in [0.1, 0.15) is 5.82 Å². The van der Waals surface area contributed by atoms with Gasteiger partial charge in [-0.25, -0.2) is 4.98 Å². The average molecular weight is 237 g/mol. The summed E-state index contributed by atoms with van der Waals surface area (Å²) in [5.41, 5.74) is 0. The maximum absolute atomic E-state index is 5.41. The highest BCUT2D eigenvalue weighted by molar-refractivity contribution is 5.03. The Morgan fingerprint density at radius 2 is 2.41 bits per heavy atom. The molecule has 4 heteroatoms. The van der Waals surface area contributed by atoms with Crippen LogP contribution in [0.5, 0.6) is 0 Å². The first-order valence-corrected chi connectivity index (χ1v) is 6.58. The molecule has 1 aliphatic rings. The predicted octanol–water partition coefficient (Wildman–Crippen LogP) is 1.73. The van der Waals surface area contributed by atoms with Gasteiger partial charge in [-0.05, 0) is 33.4 Å². The molecule has 4 nitrogen and oxygen atoms in total. The standard InChI is InChI=1S/C13H23N3O/c1-3-17-10-9-16-8-6-14-13(16)12-5-4-7-15(2)11-12/h6,8,12H,3-5,7,9-11H2,1-2H3/t12-/m0/s1. The second kappa shape index (κ2) is 6.17. The summed E-state index contributed by atoms with van der Waals surface area (Å²) in [6, 6.07) is 0. The zero-order chi connectivity index (χ0) is 12.1. The number of likely N-dealkylation sites (tertiary alicyclic amines) is 1. The number of nitrogens with zero attached hydrogens (tertiary/aromatic N) is 3. The smallest absolute Gasteiger partial charge is 0.113 e. The molecule has 0 N–H and O–H groups in total. The number of hydrogen-bond acceptors (Lipinski definition) is 3. The molecule has 0 aromatic carbocycles. The number of aromatic nitrogens is 2. The summed E-state index contributed by atoms with van der Waals surface area (Å²) in [7, 11) is 2.19. The van der Waals surface area contributed by atoms with E-state index >= 15 is 0 Å². The van der Waals surface area contributed by atoms with Gasteiger partial charge in [0.05, 0.1) is 6.61 Å². The molecule has 0 unspecified atom stereocenters. The Bertz CT molecular complexity index is 337. The summed E-state index contributed by atoms with van der Waals surface area (Å²) in [4.78, 5) is 6.93. The Balaban J connectivity index is 1.97. The third-order valence-corrected chi connectivity index (χ3v) is 3.42.